The molecule has 1 N–H and O–H groups in total. The molecule has 0 saturated carbocycles. The molecule has 0 radical (unpaired) electrons. The number of benzene rings is 1. The van der Waals surface area contributed by atoms with E-state index in [4.69, 9.17) is 9.47 Å². The molecule has 0 spiro atoms. The Hall–Kier alpha value is -2.83. The summed E-state index contributed by atoms with van der Waals surface area (Å²) in [7, 11) is 3.06. The lowest BCUT2D eigenvalue weighted by Crippen LogP contribution is -2.53. The first kappa shape index (κ1) is 29.7. The molecule has 2 aliphatic rings. The molecular formula is C31H46N2O5. The third kappa shape index (κ3) is 7.39. The third-order valence-corrected chi connectivity index (χ3v) is 8.04. The van der Waals surface area contributed by atoms with E-state index in [0.717, 1.165) is 55.5 Å². The third-order valence-electron chi connectivity index (χ3n) is 8.04. The average Bonchev–Trinajstić information content (AvgIpc) is 3.15. The summed E-state index contributed by atoms with van der Waals surface area (Å²) < 4.78 is 10.7. The van der Waals surface area contributed by atoms with Gasteiger partial charge in [-0.25, -0.2) is 0 Å². The minimum Gasteiger partial charge on any atom is -0.496 e. The number of fused-ring (bicyclic) bond motifs is 1. The first-order chi connectivity index (χ1) is 18.5. The molecule has 1 aromatic rings. The number of esters is 1. The number of methoxy groups -OCH3 is 2. The molecule has 210 valence electrons. The van der Waals surface area contributed by atoms with Gasteiger partial charge in [0.05, 0.1) is 14.2 Å². The van der Waals surface area contributed by atoms with Gasteiger partial charge >= 0.3 is 5.97 Å². The first-order valence-corrected chi connectivity index (χ1v) is 14.5. The predicted molar refractivity (Wildman–Crippen MR) is 149 cm³/mol. The maximum absolute atomic E-state index is 13.8. The molecule has 1 heterocycles. The second kappa shape index (κ2) is 14.9. The van der Waals surface area contributed by atoms with Crippen molar-refractivity contribution in [1.82, 2.24) is 10.2 Å². The van der Waals surface area contributed by atoms with Crippen molar-refractivity contribution in [2.45, 2.75) is 90.4 Å². The van der Waals surface area contributed by atoms with Crippen molar-refractivity contribution < 1.29 is 23.9 Å². The Balaban J connectivity index is 1.71. The second-order valence-electron chi connectivity index (χ2n) is 10.7. The highest BCUT2D eigenvalue weighted by atomic mass is 16.5. The Morgan fingerprint density at radius 1 is 1.08 bits per heavy atom. The number of piperidine rings is 1. The molecule has 0 unspecified atom stereocenters. The van der Waals surface area contributed by atoms with Crippen LogP contribution in [0.5, 0.6) is 5.75 Å². The number of allylic oxidation sites excluding steroid dienone is 1. The summed E-state index contributed by atoms with van der Waals surface area (Å²) >= 11 is 0. The molecule has 38 heavy (non-hydrogen) atoms. The van der Waals surface area contributed by atoms with Crippen molar-refractivity contribution in [2.24, 2.45) is 11.3 Å². The van der Waals surface area contributed by atoms with Gasteiger partial charge in [0.15, 0.2) is 0 Å². The number of likely N-dealkylation sites (tertiary alicyclic amines) is 1. The van der Waals surface area contributed by atoms with E-state index in [0.29, 0.717) is 32.4 Å². The average molecular weight is 527 g/mol. The number of nitrogens with one attached hydrogen (secondary N) is 1. The summed E-state index contributed by atoms with van der Waals surface area (Å²) in [6.07, 6.45) is 13.2. The molecule has 1 aliphatic heterocycles. The number of nitrogens with zero attached hydrogens (tertiary/aromatic N) is 1. The summed E-state index contributed by atoms with van der Waals surface area (Å²) in [5.74, 6) is -0.240. The Labute approximate surface area is 228 Å². The zero-order valence-corrected chi connectivity index (χ0v) is 23.6. The van der Waals surface area contributed by atoms with Crippen LogP contribution in [-0.4, -0.2) is 50.0 Å². The number of hydrogen-bond acceptors (Lipinski definition) is 5. The Kier molecular flexibility index (Phi) is 11.7. The molecule has 2 atom stereocenters. The fourth-order valence-electron chi connectivity index (χ4n) is 6.02. The number of unbranched alkanes of at least 4 members (excludes halogenated alkanes) is 5. The fourth-order valence-corrected chi connectivity index (χ4v) is 6.02. The lowest BCUT2D eigenvalue weighted by atomic mass is 9.69. The summed E-state index contributed by atoms with van der Waals surface area (Å²) in [5, 5.41) is 2.98. The molecule has 1 saturated heterocycles. The van der Waals surface area contributed by atoms with Gasteiger partial charge in [-0.15, -0.1) is 0 Å². The van der Waals surface area contributed by atoms with Crippen LogP contribution in [0.25, 0.3) is 0 Å². The van der Waals surface area contributed by atoms with Crippen molar-refractivity contribution in [2.75, 3.05) is 27.3 Å². The quantitative estimate of drug-likeness (QED) is 0.253. The number of carbonyl (C=O) groups is 3. The predicted octanol–water partition coefficient (Wildman–Crippen LogP) is 5.57. The highest BCUT2D eigenvalue weighted by Crippen LogP contribution is 2.49. The monoisotopic (exact) mass is 526 g/mol. The van der Waals surface area contributed by atoms with Gasteiger partial charge in [-0.3, -0.25) is 14.4 Å². The smallest absolute Gasteiger partial charge is 0.317 e. The van der Waals surface area contributed by atoms with Crippen LogP contribution in [-0.2, 0) is 25.5 Å². The van der Waals surface area contributed by atoms with Crippen LogP contribution >= 0.6 is 0 Å². The van der Waals surface area contributed by atoms with Crippen molar-refractivity contribution in [3.63, 3.8) is 0 Å². The summed E-state index contributed by atoms with van der Waals surface area (Å²) in [6, 6.07) is 7.75. The molecule has 3 rings (SSSR count). The number of rotatable bonds is 14. The molecule has 7 nitrogen and oxygen atoms in total. The van der Waals surface area contributed by atoms with E-state index in [-0.39, 0.29) is 24.2 Å². The minimum absolute atomic E-state index is 0.0360. The maximum atomic E-state index is 13.8. The van der Waals surface area contributed by atoms with Gasteiger partial charge in [0, 0.05) is 31.1 Å². The van der Waals surface area contributed by atoms with Crippen LogP contribution in [0.4, 0.5) is 0 Å². The first-order valence-electron chi connectivity index (χ1n) is 14.5. The number of ether oxygens (including phenoxy) is 2. The second-order valence-corrected chi connectivity index (χ2v) is 10.7. The van der Waals surface area contributed by atoms with Gasteiger partial charge in [-0.05, 0) is 50.2 Å². The topological polar surface area (TPSA) is 84.9 Å². The number of amides is 2. The fraction of sp³-hybridized carbons (Fsp3) is 0.645. The van der Waals surface area contributed by atoms with Crippen LogP contribution in [0, 0.1) is 11.3 Å². The van der Waals surface area contributed by atoms with E-state index in [2.05, 4.69) is 18.3 Å². The molecule has 7 heteroatoms. The summed E-state index contributed by atoms with van der Waals surface area (Å²) in [5.41, 5.74) is 0.976. The lowest BCUT2D eigenvalue weighted by molar-refractivity contribution is -0.159. The molecule has 2 amide bonds. The number of para-hydroxylation sites is 1. The minimum atomic E-state index is -0.857. The standard InChI is InChI=1S/C31H46N2O5/c1-4-5-6-7-8-14-21-33-27-17-10-9-13-19-31(27,30(36)38-3)23-25(29(33)35)22-28(34)32-20-18-24-15-11-12-16-26(24)37-2/h11-12,15-17,25H,4-10,13-14,18-23H2,1-3H3,(H,32,34)/t25-,31+/m1/s1. The van der Waals surface area contributed by atoms with Gasteiger partial charge in [-0.1, -0.05) is 69.7 Å². The summed E-state index contributed by atoms with van der Waals surface area (Å²) in [6.45, 7) is 3.24. The van der Waals surface area contributed by atoms with E-state index in [1.165, 1.54) is 26.4 Å². The molecule has 0 bridgehead atoms. The number of carbonyl (C=O) groups excluding carboxylic acids is 3. The van der Waals surface area contributed by atoms with Gasteiger partial charge < -0.3 is 19.7 Å². The Morgan fingerprint density at radius 3 is 2.61 bits per heavy atom. The van der Waals surface area contributed by atoms with Crippen LogP contribution in [0.3, 0.4) is 0 Å². The van der Waals surface area contributed by atoms with Gasteiger partial charge in [0.2, 0.25) is 11.8 Å². The van der Waals surface area contributed by atoms with Crippen molar-refractivity contribution in [3.05, 3.63) is 41.6 Å². The summed E-state index contributed by atoms with van der Waals surface area (Å²) in [4.78, 5) is 41.9. The van der Waals surface area contributed by atoms with Crippen LogP contribution in [0.2, 0.25) is 0 Å². The van der Waals surface area contributed by atoms with E-state index < -0.39 is 11.3 Å². The van der Waals surface area contributed by atoms with Crippen LogP contribution < -0.4 is 10.1 Å². The highest BCUT2D eigenvalue weighted by Gasteiger charge is 2.53. The van der Waals surface area contributed by atoms with E-state index in [1.807, 2.05) is 29.2 Å². The number of hydrogen-bond donors (Lipinski definition) is 1. The van der Waals surface area contributed by atoms with Gasteiger partial charge in [0.25, 0.3) is 0 Å². The van der Waals surface area contributed by atoms with E-state index in [9.17, 15) is 14.4 Å². The zero-order chi connectivity index (χ0) is 27.4. The molecule has 1 aliphatic carbocycles. The van der Waals surface area contributed by atoms with Crippen molar-refractivity contribution in [1.29, 1.82) is 0 Å². The highest BCUT2D eigenvalue weighted by molar-refractivity contribution is 5.92. The molecule has 1 fully saturated rings. The molecule has 0 aromatic heterocycles. The zero-order valence-electron chi connectivity index (χ0n) is 23.6. The van der Waals surface area contributed by atoms with Crippen LogP contribution in [0.1, 0.15) is 89.5 Å². The van der Waals surface area contributed by atoms with Gasteiger partial charge in [0.1, 0.15) is 11.2 Å². The van der Waals surface area contributed by atoms with Crippen molar-refractivity contribution >= 4 is 17.8 Å². The van der Waals surface area contributed by atoms with E-state index >= 15 is 0 Å². The van der Waals surface area contributed by atoms with E-state index in [1.54, 1.807) is 7.11 Å². The lowest BCUT2D eigenvalue weighted by Gasteiger charge is -2.46. The van der Waals surface area contributed by atoms with Gasteiger partial charge in [-0.2, -0.15) is 0 Å². The molecular weight excluding hydrogens is 480 g/mol. The molecule has 1 aromatic carbocycles. The SMILES string of the molecule is CCCCCCCCN1C(=O)[C@H](CC(=O)NCCc2ccccc2OC)C[C@@]2(C(=O)OC)CCCCC=C12. The maximum Gasteiger partial charge on any atom is 0.317 e. The largest absolute Gasteiger partial charge is 0.496 e. The van der Waals surface area contributed by atoms with Crippen molar-refractivity contribution in [3.8, 4) is 5.75 Å². The Bertz CT molecular complexity index is 975. The normalized spacial score (nSPS) is 21.2. The Morgan fingerprint density at radius 2 is 1.84 bits per heavy atom. The van der Waals surface area contributed by atoms with Crippen LogP contribution in [0.15, 0.2) is 36.0 Å².